The van der Waals surface area contributed by atoms with Gasteiger partial charge in [0, 0.05) is 17.5 Å². The highest BCUT2D eigenvalue weighted by Crippen LogP contribution is 2.26. The molecule has 23 heavy (non-hydrogen) atoms. The molecule has 0 aliphatic rings. The standard InChI is InChI=1S/C18H23NO4/c1-11(2)23-17(21)7-8-19-16(20)9-14-10-22-18-13(4)12(3)5-6-15(14)18/h5-6,10-11H,7-9H2,1-4H3,(H,19,20). The molecule has 0 aliphatic heterocycles. The van der Waals surface area contributed by atoms with Crippen LogP contribution < -0.4 is 5.32 Å². The number of aryl methyl sites for hydroxylation is 2. The Labute approximate surface area is 136 Å². The van der Waals surface area contributed by atoms with E-state index in [1.54, 1.807) is 20.1 Å². The third kappa shape index (κ3) is 4.34. The van der Waals surface area contributed by atoms with Gasteiger partial charge in [0.1, 0.15) is 5.58 Å². The predicted molar refractivity (Wildman–Crippen MR) is 88.2 cm³/mol. The zero-order valence-electron chi connectivity index (χ0n) is 14.1. The van der Waals surface area contributed by atoms with Crippen molar-refractivity contribution in [2.45, 2.75) is 46.6 Å². The molecule has 0 bridgehead atoms. The number of esters is 1. The lowest BCUT2D eigenvalue weighted by molar-refractivity contribution is -0.147. The van der Waals surface area contributed by atoms with Gasteiger partial charge in [0.05, 0.1) is 25.2 Å². The van der Waals surface area contributed by atoms with Gasteiger partial charge < -0.3 is 14.5 Å². The molecule has 5 heteroatoms. The summed E-state index contributed by atoms with van der Waals surface area (Å²) in [5, 5.41) is 3.69. The van der Waals surface area contributed by atoms with Gasteiger partial charge in [-0.3, -0.25) is 9.59 Å². The molecule has 1 amide bonds. The summed E-state index contributed by atoms with van der Waals surface area (Å²) in [7, 11) is 0. The number of carbonyl (C=O) groups excluding carboxylic acids is 2. The van der Waals surface area contributed by atoms with Crippen LogP contribution in [0.5, 0.6) is 0 Å². The molecule has 0 fully saturated rings. The van der Waals surface area contributed by atoms with Gasteiger partial charge in [-0.15, -0.1) is 0 Å². The Bertz CT molecular complexity index is 715. The number of nitrogens with one attached hydrogen (secondary N) is 1. The largest absolute Gasteiger partial charge is 0.464 e. The van der Waals surface area contributed by atoms with Crippen LogP contribution in [0.1, 0.15) is 37.0 Å². The zero-order chi connectivity index (χ0) is 17.0. The minimum absolute atomic E-state index is 0.136. The van der Waals surface area contributed by atoms with Gasteiger partial charge in [0.15, 0.2) is 0 Å². The van der Waals surface area contributed by atoms with Crippen LogP contribution in [-0.4, -0.2) is 24.5 Å². The van der Waals surface area contributed by atoms with Gasteiger partial charge in [-0.05, 0) is 38.8 Å². The maximum absolute atomic E-state index is 12.0. The quantitative estimate of drug-likeness (QED) is 0.831. The highest BCUT2D eigenvalue weighted by atomic mass is 16.5. The van der Waals surface area contributed by atoms with Crippen LogP contribution in [0.2, 0.25) is 0 Å². The summed E-state index contributed by atoms with van der Waals surface area (Å²) >= 11 is 0. The third-order valence-corrected chi connectivity index (χ3v) is 3.71. The van der Waals surface area contributed by atoms with Crippen molar-refractivity contribution in [3.8, 4) is 0 Å². The second-order valence-electron chi connectivity index (χ2n) is 5.96. The first-order valence-corrected chi connectivity index (χ1v) is 7.81. The van der Waals surface area contributed by atoms with Crippen molar-refractivity contribution in [2.75, 3.05) is 6.54 Å². The van der Waals surface area contributed by atoms with Gasteiger partial charge in [-0.25, -0.2) is 0 Å². The van der Waals surface area contributed by atoms with Crippen molar-refractivity contribution in [2.24, 2.45) is 0 Å². The smallest absolute Gasteiger partial charge is 0.307 e. The maximum atomic E-state index is 12.0. The first-order valence-electron chi connectivity index (χ1n) is 7.81. The van der Waals surface area contributed by atoms with Crippen molar-refractivity contribution < 1.29 is 18.7 Å². The van der Waals surface area contributed by atoms with Gasteiger partial charge in [-0.2, -0.15) is 0 Å². The number of benzene rings is 1. The van der Waals surface area contributed by atoms with Crippen LogP contribution in [-0.2, 0) is 20.7 Å². The van der Waals surface area contributed by atoms with Crippen molar-refractivity contribution in [1.29, 1.82) is 0 Å². The second-order valence-corrected chi connectivity index (χ2v) is 5.96. The summed E-state index contributed by atoms with van der Waals surface area (Å²) in [6.07, 6.45) is 1.90. The van der Waals surface area contributed by atoms with E-state index in [1.807, 2.05) is 26.0 Å². The molecule has 124 valence electrons. The van der Waals surface area contributed by atoms with Crippen LogP contribution in [0.25, 0.3) is 11.0 Å². The molecule has 1 aromatic carbocycles. The second kappa shape index (κ2) is 7.31. The van der Waals surface area contributed by atoms with E-state index in [0.29, 0.717) is 0 Å². The van der Waals surface area contributed by atoms with E-state index in [4.69, 9.17) is 9.15 Å². The Morgan fingerprint density at radius 3 is 2.70 bits per heavy atom. The third-order valence-electron chi connectivity index (χ3n) is 3.71. The summed E-state index contributed by atoms with van der Waals surface area (Å²) in [6, 6.07) is 4.00. The van der Waals surface area contributed by atoms with Crippen LogP contribution in [0, 0.1) is 13.8 Å². The fourth-order valence-corrected chi connectivity index (χ4v) is 2.39. The van der Waals surface area contributed by atoms with E-state index >= 15 is 0 Å². The molecule has 0 unspecified atom stereocenters. The summed E-state index contributed by atoms with van der Waals surface area (Å²) in [5.41, 5.74) is 3.93. The topological polar surface area (TPSA) is 68.5 Å². The van der Waals surface area contributed by atoms with Gasteiger partial charge in [0.2, 0.25) is 5.91 Å². The minimum atomic E-state index is -0.305. The number of carbonyl (C=O) groups is 2. The van der Waals surface area contributed by atoms with E-state index in [9.17, 15) is 9.59 Å². The van der Waals surface area contributed by atoms with Crippen molar-refractivity contribution in [1.82, 2.24) is 5.32 Å². The van der Waals surface area contributed by atoms with Gasteiger partial charge >= 0.3 is 5.97 Å². The normalized spacial score (nSPS) is 11.0. The van der Waals surface area contributed by atoms with Crippen LogP contribution >= 0.6 is 0 Å². The maximum Gasteiger partial charge on any atom is 0.307 e. The minimum Gasteiger partial charge on any atom is -0.464 e. The summed E-state index contributed by atoms with van der Waals surface area (Å²) in [5.74, 6) is -0.441. The van der Waals surface area contributed by atoms with Gasteiger partial charge in [-0.1, -0.05) is 12.1 Å². The fraction of sp³-hybridized carbons (Fsp3) is 0.444. The Morgan fingerprint density at radius 1 is 1.26 bits per heavy atom. The average molecular weight is 317 g/mol. The van der Waals surface area contributed by atoms with Crippen LogP contribution in [0.3, 0.4) is 0 Å². The van der Waals surface area contributed by atoms with E-state index in [-0.39, 0.29) is 37.4 Å². The SMILES string of the molecule is Cc1ccc2c(CC(=O)NCCC(=O)OC(C)C)coc2c1C. The Hall–Kier alpha value is -2.30. The van der Waals surface area contributed by atoms with E-state index < -0.39 is 0 Å². The number of amides is 1. The molecule has 0 aliphatic carbocycles. The molecule has 2 rings (SSSR count). The molecular formula is C18H23NO4. The average Bonchev–Trinajstić information content (AvgIpc) is 2.85. The molecule has 0 radical (unpaired) electrons. The number of rotatable bonds is 6. The fourth-order valence-electron chi connectivity index (χ4n) is 2.39. The molecule has 5 nitrogen and oxygen atoms in total. The lowest BCUT2D eigenvalue weighted by Gasteiger charge is -2.08. The first kappa shape index (κ1) is 17.1. The Morgan fingerprint density at radius 2 is 2.00 bits per heavy atom. The van der Waals surface area contributed by atoms with Crippen molar-refractivity contribution in [3.63, 3.8) is 0 Å². The molecule has 0 saturated heterocycles. The number of hydrogen-bond acceptors (Lipinski definition) is 4. The molecule has 1 heterocycles. The Kier molecular flexibility index (Phi) is 5.42. The Balaban J connectivity index is 1.91. The lowest BCUT2D eigenvalue weighted by atomic mass is 10.0. The number of ether oxygens (including phenoxy) is 1. The lowest BCUT2D eigenvalue weighted by Crippen LogP contribution is -2.28. The van der Waals surface area contributed by atoms with E-state index in [1.165, 1.54) is 0 Å². The first-order chi connectivity index (χ1) is 10.9. The summed E-state index contributed by atoms with van der Waals surface area (Å²) in [6.45, 7) is 7.90. The number of hydrogen-bond donors (Lipinski definition) is 1. The molecule has 0 atom stereocenters. The molecule has 2 aromatic rings. The molecule has 0 spiro atoms. The van der Waals surface area contributed by atoms with E-state index in [2.05, 4.69) is 5.32 Å². The monoisotopic (exact) mass is 317 g/mol. The highest BCUT2D eigenvalue weighted by Gasteiger charge is 2.13. The highest BCUT2D eigenvalue weighted by molar-refractivity contribution is 5.89. The van der Waals surface area contributed by atoms with Crippen molar-refractivity contribution >= 4 is 22.8 Å². The molecule has 1 N–H and O–H groups in total. The molecular weight excluding hydrogens is 294 g/mol. The van der Waals surface area contributed by atoms with E-state index in [0.717, 1.165) is 27.7 Å². The van der Waals surface area contributed by atoms with Crippen LogP contribution in [0.15, 0.2) is 22.8 Å². The van der Waals surface area contributed by atoms with Crippen molar-refractivity contribution in [3.05, 3.63) is 35.1 Å². The van der Waals surface area contributed by atoms with Crippen LogP contribution in [0.4, 0.5) is 0 Å². The van der Waals surface area contributed by atoms with Gasteiger partial charge in [0.25, 0.3) is 0 Å². The molecule has 0 saturated carbocycles. The number of furan rings is 1. The molecule has 1 aromatic heterocycles. The predicted octanol–water partition coefficient (Wildman–Crippen LogP) is 3.05. The summed E-state index contributed by atoms with van der Waals surface area (Å²) in [4.78, 5) is 23.4. The number of fused-ring (bicyclic) bond motifs is 1. The zero-order valence-corrected chi connectivity index (χ0v) is 14.1. The summed E-state index contributed by atoms with van der Waals surface area (Å²) < 4.78 is 10.6.